The minimum absolute atomic E-state index is 0.588. The number of hydrogen-bond donors (Lipinski definition) is 0. The average molecular weight is 533 g/mol. The fourth-order valence-corrected chi connectivity index (χ4v) is 6.34. The lowest BCUT2D eigenvalue weighted by Gasteiger charge is -2.36. The lowest BCUT2D eigenvalue weighted by Crippen LogP contribution is -2.43. The van der Waals surface area contributed by atoms with Gasteiger partial charge in [0.1, 0.15) is 6.17 Å². The quantitative estimate of drug-likeness (QED) is 0.0884. The van der Waals surface area contributed by atoms with Crippen LogP contribution in [0.25, 0.3) is 0 Å². The first-order valence-corrected chi connectivity index (χ1v) is 17.9. The van der Waals surface area contributed by atoms with E-state index in [1.54, 1.807) is 0 Å². The first kappa shape index (κ1) is 35.4. The van der Waals surface area contributed by atoms with Gasteiger partial charge in [-0.15, -0.1) is 0 Å². The second-order valence-electron chi connectivity index (χ2n) is 12.9. The summed E-state index contributed by atoms with van der Waals surface area (Å²) in [6, 6.07) is 0. The molecule has 1 atom stereocenters. The molecule has 226 valence electrons. The van der Waals surface area contributed by atoms with E-state index in [4.69, 9.17) is 0 Å². The van der Waals surface area contributed by atoms with E-state index in [9.17, 15) is 0 Å². The monoisotopic (exact) mass is 533 g/mol. The molecule has 0 amide bonds. The van der Waals surface area contributed by atoms with E-state index < -0.39 is 0 Å². The predicted octanol–water partition coefficient (Wildman–Crippen LogP) is 12.2. The van der Waals surface area contributed by atoms with Crippen LogP contribution in [0.15, 0.2) is 12.4 Å². The van der Waals surface area contributed by atoms with Crippen molar-refractivity contribution in [3.8, 4) is 0 Å². The highest BCUT2D eigenvalue weighted by molar-refractivity contribution is 4.98. The fraction of sp³-hybridized carbons (Fsp3) is 0.944. The second-order valence-corrected chi connectivity index (χ2v) is 12.9. The van der Waals surface area contributed by atoms with Crippen LogP contribution in [0.1, 0.15) is 195 Å². The Morgan fingerprint density at radius 3 is 0.868 bits per heavy atom. The Bertz CT molecular complexity index is 500. The van der Waals surface area contributed by atoms with E-state index in [1.165, 1.54) is 180 Å². The molecular formula is C36H72N2. The van der Waals surface area contributed by atoms with Crippen LogP contribution in [0.3, 0.4) is 0 Å². The molecule has 0 fully saturated rings. The van der Waals surface area contributed by atoms with E-state index in [1.807, 2.05) is 0 Å². The molecule has 0 saturated heterocycles. The third-order valence-electron chi connectivity index (χ3n) is 8.77. The van der Waals surface area contributed by atoms with Crippen LogP contribution in [-0.4, -0.2) is 29.1 Å². The third kappa shape index (κ3) is 19.4. The molecule has 1 unspecified atom stereocenters. The van der Waals surface area contributed by atoms with Crippen molar-refractivity contribution >= 4 is 0 Å². The molecule has 0 aromatic rings. The first-order chi connectivity index (χ1) is 18.7. The summed E-state index contributed by atoms with van der Waals surface area (Å²) in [5.41, 5.74) is 0. The van der Waals surface area contributed by atoms with Crippen molar-refractivity contribution in [2.75, 3.05) is 13.1 Å². The Hall–Kier alpha value is -0.660. The van der Waals surface area contributed by atoms with Crippen molar-refractivity contribution in [1.82, 2.24) is 9.80 Å². The molecular weight excluding hydrogens is 460 g/mol. The van der Waals surface area contributed by atoms with E-state index >= 15 is 0 Å². The highest BCUT2D eigenvalue weighted by Gasteiger charge is 2.28. The highest BCUT2D eigenvalue weighted by atomic mass is 15.4. The third-order valence-corrected chi connectivity index (χ3v) is 8.77. The first-order valence-electron chi connectivity index (χ1n) is 17.9. The van der Waals surface area contributed by atoms with Crippen LogP contribution in [0, 0.1) is 5.92 Å². The zero-order chi connectivity index (χ0) is 27.5. The van der Waals surface area contributed by atoms with Crippen LogP contribution >= 0.6 is 0 Å². The summed E-state index contributed by atoms with van der Waals surface area (Å²) in [6.45, 7) is 11.9. The van der Waals surface area contributed by atoms with E-state index in [0.717, 1.165) is 0 Å². The number of hydrogen-bond acceptors (Lipinski definition) is 2. The molecule has 0 aliphatic carbocycles. The van der Waals surface area contributed by atoms with Crippen molar-refractivity contribution < 1.29 is 0 Å². The summed E-state index contributed by atoms with van der Waals surface area (Å²) in [4.78, 5) is 5.29. The van der Waals surface area contributed by atoms with Gasteiger partial charge in [-0.05, 0) is 18.8 Å². The van der Waals surface area contributed by atoms with Crippen LogP contribution < -0.4 is 0 Å². The van der Waals surface area contributed by atoms with E-state index in [2.05, 4.69) is 49.9 Å². The molecule has 38 heavy (non-hydrogen) atoms. The summed E-state index contributed by atoms with van der Waals surface area (Å²) in [5, 5.41) is 0. The van der Waals surface area contributed by atoms with Crippen molar-refractivity contribution in [2.24, 2.45) is 5.92 Å². The summed E-state index contributed by atoms with van der Waals surface area (Å²) >= 11 is 0. The van der Waals surface area contributed by atoms with Crippen LogP contribution in [0.4, 0.5) is 0 Å². The highest BCUT2D eigenvalue weighted by Crippen LogP contribution is 2.24. The van der Waals surface area contributed by atoms with Gasteiger partial charge in [0.05, 0.1) is 0 Å². The molecule has 0 saturated carbocycles. The van der Waals surface area contributed by atoms with Crippen molar-refractivity contribution in [3.63, 3.8) is 0 Å². The van der Waals surface area contributed by atoms with Gasteiger partial charge < -0.3 is 9.80 Å². The Morgan fingerprint density at radius 1 is 0.395 bits per heavy atom. The minimum atomic E-state index is 0.588. The van der Waals surface area contributed by atoms with E-state index in [0.29, 0.717) is 12.1 Å². The van der Waals surface area contributed by atoms with Gasteiger partial charge in [-0.1, -0.05) is 182 Å². The molecule has 0 aromatic carbocycles. The van der Waals surface area contributed by atoms with Crippen molar-refractivity contribution in [1.29, 1.82) is 0 Å². The molecule has 1 aliphatic heterocycles. The van der Waals surface area contributed by atoms with Gasteiger partial charge in [0.2, 0.25) is 0 Å². The fourth-order valence-electron chi connectivity index (χ4n) is 6.34. The molecule has 0 N–H and O–H groups in total. The van der Waals surface area contributed by atoms with Gasteiger partial charge in [-0.2, -0.15) is 0 Å². The summed E-state index contributed by atoms with van der Waals surface area (Å²) in [5.74, 6) is 0.689. The molecule has 1 aliphatic rings. The molecule has 0 spiro atoms. The molecule has 2 heteroatoms. The van der Waals surface area contributed by atoms with Gasteiger partial charge in [0.15, 0.2) is 0 Å². The summed E-state index contributed by atoms with van der Waals surface area (Å²) < 4.78 is 0. The Labute approximate surface area is 241 Å². The zero-order valence-corrected chi connectivity index (χ0v) is 27.0. The molecule has 2 nitrogen and oxygen atoms in total. The Balaban J connectivity index is 1.97. The van der Waals surface area contributed by atoms with Crippen molar-refractivity contribution in [2.45, 2.75) is 201 Å². The smallest absolute Gasteiger partial charge is 0.103 e. The topological polar surface area (TPSA) is 6.48 Å². The maximum absolute atomic E-state index is 2.64. The van der Waals surface area contributed by atoms with Crippen LogP contribution in [0.2, 0.25) is 0 Å². The Morgan fingerprint density at radius 2 is 0.632 bits per heavy atom. The van der Waals surface area contributed by atoms with Gasteiger partial charge in [0.25, 0.3) is 0 Å². The van der Waals surface area contributed by atoms with Crippen LogP contribution in [0.5, 0.6) is 0 Å². The molecule has 0 aromatic heterocycles. The summed E-state index contributed by atoms with van der Waals surface area (Å²) in [7, 11) is 0. The van der Waals surface area contributed by atoms with Gasteiger partial charge in [0, 0.05) is 25.5 Å². The van der Waals surface area contributed by atoms with Gasteiger partial charge >= 0.3 is 0 Å². The number of unbranched alkanes of at least 4 members (excludes halogenated alkanes) is 24. The van der Waals surface area contributed by atoms with Crippen molar-refractivity contribution in [3.05, 3.63) is 12.4 Å². The zero-order valence-electron chi connectivity index (χ0n) is 27.0. The molecule has 0 bridgehead atoms. The van der Waals surface area contributed by atoms with Gasteiger partial charge in [-0.3, -0.25) is 0 Å². The lowest BCUT2D eigenvalue weighted by molar-refractivity contribution is 0.104. The maximum Gasteiger partial charge on any atom is 0.103 e. The van der Waals surface area contributed by atoms with Gasteiger partial charge in [-0.25, -0.2) is 0 Å². The lowest BCUT2D eigenvalue weighted by atomic mass is 10.0. The van der Waals surface area contributed by atoms with Crippen LogP contribution in [-0.2, 0) is 0 Å². The second kappa shape index (κ2) is 26.6. The number of rotatable bonds is 29. The standard InChI is InChI=1S/C36H72N2/c1-5-7-9-11-13-15-17-19-20-22-24-26-28-30-32-38-34-33-37(36(38)35(3)4)31-29-27-25-23-21-18-16-14-12-10-8-6-2/h33-36H,5-32H2,1-4H3. The maximum atomic E-state index is 2.64. The van der Waals surface area contributed by atoms with E-state index in [-0.39, 0.29) is 0 Å². The molecule has 0 radical (unpaired) electrons. The predicted molar refractivity (Wildman–Crippen MR) is 173 cm³/mol. The summed E-state index contributed by atoms with van der Waals surface area (Å²) in [6.07, 6.45) is 42.8. The molecule has 1 heterocycles. The minimum Gasteiger partial charge on any atom is -0.356 e. The average Bonchev–Trinajstić information content (AvgIpc) is 3.32. The largest absolute Gasteiger partial charge is 0.356 e. The Kier molecular flexibility index (Phi) is 24.7. The SMILES string of the molecule is CCCCCCCCCCCCCCCCN1C=CN(CCCCCCCCCCCCCC)C1C(C)C. The number of nitrogens with zero attached hydrogens (tertiary/aromatic N) is 2. The normalized spacial score (nSPS) is 15.4. The molecule has 1 rings (SSSR count).